The minimum atomic E-state index is -1.03. The van der Waals surface area contributed by atoms with Crippen LogP contribution >= 0.6 is 0 Å². The van der Waals surface area contributed by atoms with Crippen LogP contribution in [0.3, 0.4) is 0 Å². The van der Waals surface area contributed by atoms with Crippen molar-refractivity contribution in [2.24, 2.45) is 0 Å². The predicted molar refractivity (Wildman–Crippen MR) is 97.3 cm³/mol. The molecule has 0 aliphatic rings. The molecule has 0 spiro atoms. The van der Waals surface area contributed by atoms with Crippen molar-refractivity contribution in [1.29, 1.82) is 0 Å². The van der Waals surface area contributed by atoms with Crippen molar-refractivity contribution in [3.63, 3.8) is 0 Å². The number of hydrogen-bond acceptors (Lipinski definition) is 2. The lowest BCUT2D eigenvalue weighted by Gasteiger charge is -2.22. The largest absolute Gasteiger partial charge is 0.396 e. The molecule has 123 valence electrons. The van der Waals surface area contributed by atoms with Crippen LogP contribution in [0.25, 0.3) is 22.3 Å². The summed E-state index contributed by atoms with van der Waals surface area (Å²) in [5.74, 6) is 0. The van der Waals surface area contributed by atoms with Crippen molar-refractivity contribution in [1.82, 2.24) is 4.57 Å². The maximum Gasteiger partial charge on any atom is 0.0852 e. The van der Waals surface area contributed by atoms with Gasteiger partial charge in [-0.2, -0.15) is 0 Å². The van der Waals surface area contributed by atoms with Crippen molar-refractivity contribution in [3.8, 4) is 22.3 Å². The quantitative estimate of drug-likeness (QED) is 0.726. The molecule has 3 aromatic rings. The van der Waals surface area contributed by atoms with Crippen LogP contribution in [0.1, 0.15) is 6.92 Å². The molecular formula is C21H22NO2. The zero-order valence-electron chi connectivity index (χ0n) is 13.8. The summed E-state index contributed by atoms with van der Waals surface area (Å²) < 4.78 is 1.94. The molecule has 3 nitrogen and oxygen atoms in total. The van der Waals surface area contributed by atoms with E-state index in [9.17, 15) is 5.11 Å². The summed E-state index contributed by atoms with van der Waals surface area (Å²) in [6.07, 6.45) is 5.46. The van der Waals surface area contributed by atoms with Crippen molar-refractivity contribution in [3.05, 3.63) is 79.5 Å². The van der Waals surface area contributed by atoms with Gasteiger partial charge < -0.3 is 14.8 Å². The fraction of sp³-hybridized carbons (Fsp3) is 0.190. The Bertz CT molecular complexity index is 773. The number of rotatable bonds is 6. The number of aliphatic hydroxyl groups is 2. The Labute approximate surface area is 142 Å². The van der Waals surface area contributed by atoms with Crippen molar-refractivity contribution in [2.75, 3.05) is 6.61 Å². The van der Waals surface area contributed by atoms with Gasteiger partial charge in [0.25, 0.3) is 0 Å². The second-order valence-electron chi connectivity index (χ2n) is 6.26. The molecule has 0 aliphatic heterocycles. The number of aromatic nitrogens is 1. The predicted octanol–water partition coefficient (Wildman–Crippen LogP) is 3.77. The second kappa shape index (κ2) is 7.04. The number of nitrogens with zero attached hydrogens (tertiary/aromatic N) is 1. The molecule has 3 rings (SSSR count). The molecule has 24 heavy (non-hydrogen) atoms. The second-order valence-corrected chi connectivity index (χ2v) is 6.26. The summed E-state index contributed by atoms with van der Waals surface area (Å²) >= 11 is 0. The smallest absolute Gasteiger partial charge is 0.0852 e. The average Bonchev–Trinajstić information content (AvgIpc) is 3.03. The molecule has 1 aromatic heterocycles. The Morgan fingerprint density at radius 1 is 0.875 bits per heavy atom. The Kier molecular flexibility index (Phi) is 4.84. The summed E-state index contributed by atoms with van der Waals surface area (Å²) in [7, 11) is 0. The molecule has 1 atom stereocenters. The van der Waals surface area contributed by atoms with Gasteiger partial charge in [0.2, 0.25) is 0 Å². The van der Waals surface area contributed by atoms with Crippen LogP contribution in [-0.2, 0) is 6.54 Å². The summed E-state index contributed by atoms with van der Waals surface area (Å²) in [5, 5.41) is 19.1. The Hall–Kier alpha value is -2.36. The summed E-state index contributed by atoms with van der Waals surface area (Å²) in [6, 6.07) is 20.8. The molecule has 0 amide bonds. The van der Waals surface area contributed by atoms with Gasteiger partial charge in [-0.25, -0.2) is 0 Å². The molecule has 2 aromatic carbocycles. The van der Waals surface area contributed by atoms with Gasteiger partial charge in [0.1, 0.15) is 0 Å². The number of hydrogen-bond donors (Lipinski definition) is 2. The highest BCUT2D eigenvalue weighted by atomic mass is 16.3. The third-order valence-corrected chi connectivity index (χ3v) is 4.11. The fourth-order valence-corrected chi connectivity index (χ4v) is 2.83. The van der Waals surface area contributed by atoms with Crippen LogP contribution < -0.4 is 0 Å². The van der Waals surface area contributed by atoms with Crippen molar-refractivity contribution in [2.45, 2.75) is 19.1 Å². The molecule has 0 fully saturated rings. The third-order valence-electron chi connectivity index (χ3n) is 4.11. The maximum atomic E-state index is 10.2. The van der Waals surface area contributed by atoms with Gasteiger partial charge in [-0.1, -0.05) is 54.6 Å². The van der Waals surface area contributed by atoms with Crippen LogP contribution in [-0.4, -0.2) is 27.0 Å². The van der Waals surface area contributed by atoms with Crippen molar-refractivity contribution < 1.29 is 10.2 Å². The lowest BCUT2D eigenvalue weighted by molar-refractivity contribution is 0.0625. The maximum absolute atomic E-state index is 10.2. The summed E-state index contributed by atoms with van der Waals surface area (Å²) in [4.78, 5) is 0. The zero-order chi connectivity index (χ0) is 17.0. The fourth-order valence-electron chi connectivity index (χ4n) is 2.83. The van der Waals surface area contributed by atoms with Crippen LogP contribution in [0.2, 0.25) is 0 Å². The minimum absolute atomic E-state index is 0.137. The van der Waals surface area contributed by atoms with E-state index in [-0.39, 0.29) is 6.61 Å². The monoisotopic (exact) mass is 320 g/mol. The van der Waals surface area contributed by atoms with E-state index >= 15 is 0 Å². The summed E-state index contributed by atoms with van der Waals surface area (Å²) in [5.41, 5.74) is 3.62. The van der Waals surface area contributed by atoms with E-state index in [0.29, 0.717) is 6.54 Å². The van der Waals surface area contributed by atoms with Gasteiger partial charge in [0.15, 0.2) is 0 Å². The van der Waals surface area contributed by atoms with Crippen LogP contribution in [0.15, 0.2) is 73.1 Å². The lowest BCUT2D eigenvalue weighted by atomic mass is 10.0. The Morgan fingerprint density at radius 3 is 2.08 bits per heavy atom. The highest BCUT2D eigenvalue weighted by molar-refractivity contribution is 5.70. The Morgan fingerprint density at radius 2 is 1.46 bits per heavy atom. The molecule has 3 heteroatoms. The van der Waals surface area contributed by atoms with E-state index in [1.54, 1.807) is 6.92 Å². The van der Waals surface area contributed by atoms with E-state index in [4.69, 9.17) is 5.11 Å². The van der Waals surface area contributed by atoms with Crippen molar-refractivity contribution >= 4 is 0 Å². The van der Waals surface area contributed by atoms with Crippen LogP contribution in [0.4, 0.5) is 0 Å². The highest BCUT2D eigenvalue weighted by Crippen LogP contribution is 2.25. The normalized spacial score (nSPS) is 13.6. The van der Waals surface area contributed by atoms with E-state index < -0.39 is 5.60 Å². The molecule has 0 saturated heterocycles. The number of benzene rings is 2. The van der Waals surface area contributed by atoms with Crippen LogP contribution in [0, 0.1) is 6.42 Å². The topological polar surface area (TPSA) is 45.4 Å². The third kappa shape index (κ3) is 3.94. The van der Waals surface area contributed by atoms with Gasteiger partial charge in [-0.05, 0) is 35.2 Å². The van der Waals surface area contributed by atoms with E-state index in [0.717, 1.165) is 11.1 Å². The minimum Gasteiger partial charge on any atom is -0.396 e. The standard InChI is InChI=1S/C21H22NO2/c1-21(24,12-14-23)16-22-13-11-20(15-22)19-9-7-18(8-10-19)17-5-3-2-4-6-17/h2-13,15,23-24H,14,16H2,1H3/t21-/m0/s1. The van der Waals surface area contributed by atoms with E-state index in [1.165, 1.54) is 17.5 Å². The first-order chi connectivity index (χ1) is 11.6. The first-order valence-corrected chi connectivity index (χ1v) is 8.07. The SMILES string of the molecule is C[C@](O)([CH]CO)Cn1ccc(-c2ccc(-c3ccccc3)cc2)c1. The average molecular weight is 320 g/mol. The van der Waals surface area contributed by atoms with Gasteiger partial charge in [-0.15, -0.1) is 0 Å². The molecule has 0 bridgehead atoms. The first-order valence-electron chi connectivity index (χ1n) is 8.07. The zero-order valence-corrected chi connectivity index (χ0v) is 13.8. The highest BCUT2D eigenvalue weighted by Gasteiger charge is 2.20. The van der Waals surface area contributed by atoms with Gasteiger partial charge in [0.05, 0.1) is 12.1 Å². The van der Waals surface area contributed by atoms with Gasteiger partial charge >= 0.3 is 0 Å². The molecule has 0 saturated carbocycles. The van der Waals surface area contributed by atoms with Gasteiger partial charge in [0, 0.05) is 25.4 Å². The molecule has 0 unspecified atom stereocenters. The van der Waals surface area contributed by atoms with E-state index in [1.807, 2.05) is 41.2 Å². The molecular weight excluding hydrogens is 298 g/mol. The molecule has 1 heterocycles. The molecule has 1 radical (unpaired) electrons. The summed E-state index contributed by atoms with van der Waals surface area (Å²) in [6.45, 7) is 1.97. The van der Waals surface area contributed by atoms with E-state index in [2.05, 4.69) is 36.4 Å². The molecule has 0 aliphatic carbocycles. The first kappa shape index (κ1) is 16.5. The van der Waals surface area contributed by atoms with Crippen LogP contribution in [0.5, 0.6) is 0 Å². The van der Waals surface area contributed by atoms with Gasteiger partial charge in [-0.3, -0.25) is 0 Å². The molecule has 2 N–H and O–H groups in total. The Balaban J connectivity index is 1.76. The number of aliphatic hydroxyl groups excluding tert-OH is 1. The lowest BCUT2D eigenvalue weighted by Crippen LogP contribution is -2.31.